The van der Waals surface area contributed by atoms with E-state index < -0.39 is 0 Å². The summed E-state index contributed by atoms with van der Waals surface area (Å²) in [5.74, 6) is 1.73. The van der Waals surface area contributed by atoms with Crippen molar-refractivity contribution < 1.29 is 0 Å². The van der Waals surface area contributed by atoms with Crippen molar-refractivity contribution in [1.29, 1.82) is 0 Å². The normalized spacial score (nSPS) is 34.2. The zero-order valence-electron chi connectivity index (χ0n) is 10.1. The number of rotatable bonds is 3. The average Bonchev–Trinajstić information content (AvgIpc) is 2.53. The summed E-state index contributed by atoms with van der Waals surface area (Å²) >= 11 is 0. The van der Waals surface area contributed by atoms with E-state index in [4.69, 9.17) is 0 Å². The molecule has 2 atom stereocenters. The minimum Gasteiger partial charge on any atom is -0.316 e. The third-order valence-corrected chi connectivity index (χ3v) is 4.20. The molecule has 2 nitrogen and oxygen atoms in total. The van der Waals surface area contributed by atoms with Crippen LogP contribution in [0.1, 0.15) is 45.4 Å². The van der Waals surface area contributed by atoms with Gasteiger partial charge in [-0.25, -0.2) is 0 Å². The molecule has 2 N–H and O–H groups in total. The summed E-state index contributed by atoms with van der Waals surface area (Å²) in [5, 5.41) is 7.28. The van der Waals surface area contributed by atoms with Crippen LogP contribution in [0, 0.1) is 11.8 Å². The molecule has 0 aromatic rings. The molecule has 1 aliphatic heterocycles. The topological polar surface area (TPSA) is 24.1 Å². The Labute approximate surface area is 94.2 Å². The van der Waals surface area contributed by atoms with Crippen LogP contribution in [0.3, 0.4) is 0 Å². The van der Waals surface area contributed by atoms with Crippen molar-refractivity contribution in [1.82, 2.24) is 10.6 Å². The van der Waals surface area contributed by atoms with Gasteiger partial charge in [0.15, 0.2) is 0 Å². The first kappa shape index (κ1) is 11.4. The Balaban J connectivity index is 1.67. The molecular weight excluding hydrogens is 184 g/mol. The summed E-state index contributed by atoms with van der Waals surface area (Å²) in [6.07, 6.45) is 8.62. The third-order valence-electron chi connectivity index (χ3n) is 4.20. The van der Waals surface area contributed by atoms with Crippen LogP contribution < -0.4 is 10.6 Å². The van der Waals surface area contributed by atoms with E-state index >= 15 is 0 Å². The van der Waals surface area contributed by atoms with E-state index in [1.54, 1.807) is 0 Å². The maximum atomic E-state index is 3.79. The van der Waals surface area contributed by atoms with E-state index in [0.717, 1.165) is 17.9 Å². The second kappa shape index (κ2) is 5.86. The zero-order chi connectivity index (χ0) is 10.5. The SMILES string of the molecule is CC1CNCC1CNC1CCCCCC1. The van der Waals surface area contributed by atoms with Gasteiger partial charge in [0.1, 0.15) is 0 Å². The fourth-order valence-corrected chi connectivity index (χ4v) is 2.94. The lowest BCUT2D eigenvalue weighted by atomic mass is 9.97. The lowest BCUT2D eigenvalue weighted by Crippen LogP contribution is -2.35. The molecule has 1 heterocycles. The molecule has 2 rings (SSSR count). The van der Waals surface area contributed by atoms with Gasteiger partial charge >= 0.3 is 0 Å². The Bertz CT molecular complexity index is 173. The fourth-order valence-electron chi connectivity index (χ4n) is 2.94. The molecule has 2 fully saturated rings. The summed E-state index contributed by atoms with van der Waals surface area (Å²) in [7, 11) is 0. The molecule has 0 spiro atoms. The van der Waals surface area contributed by atoms with Crippen molar-refractivity contribution in [3.63, 3.8) is 0 Å². The first-order valence-electron chi connectivity index (χ1n) is 6.80. The van der Waals surface area contributed by atoms with Gasteiger partial charge in [0.25, 0.3) is 0 Å². The molecule has 2 aliphatic rings. The van der Waals surface area contributed by atoms with Gasteiger partial charge < -0.3 is 10.6 Å². The Kier molecular flexibility index (Phi) is 4.45. The first-order valence-corrected chi connectivity index (χ1v) is 6.80. The van der Waals surface area contributed by atoms with E-state index in [0.29, 0.717) is 0 Å². The monoisotopic (exact) mass is 210 g/mol. The summed E-state index contributed by atoms with van der Waals surface area (Å²) in [5.41, 5.74) is 0. The molecule has 2 heteroatoms. The molecule has 0 amide bonds. The minimum absolute atomic E-state index is 0.820. The van der Waals surface area contributed by atoms with Gasteiger partial charge in [0.05, 0.1) is 0 Å². The Morgan fingerprint density at radius 1 is 1.07 bits per heavy atom. The summed E-state index contributed by atoms with van der Waals surface area (Å²) in [6, 6.07) is 0.820. The largest absolute Gasteiger partial charge is 0.316 e. The second-order valence-corrected chi connectivity index (χ2v) is 5.49. The second-order valence-electron chi connectivity index (χ2n) is 5.49. The van der Waals surface area contributed by atoms with E-state index in [1.165, 1.54) is 58.2 Å². The van der Waals surface area contributed by atoms with Crippen molar-refractivity contribution in [2.24, 2.45) is 11.8 Å². The molecular formula is C13H26N2. The lowest BCUT2D eigenvalue weighted by molar-refractivity contribution is 0.370. The first-order chi connectivity index (χ1) is 7.36. The Hall–Kier alpha value is -0.0800. The van der Waals surface area contributed by atoms with Crippen molar-refractivity contribution in [2.75, 3.05) is 19.6 Å². The molecule has 2 unspecified atom stereocenters. The maximum absolute atomic E-state index is 3.79. The highest BCUT2D eigenvalue weighted by Gasteiger charge is 2.23. The van der Waals surface area contributed by atoms with Crippen LogP contribution >= 0.6 is 0 Å². The van der Waals surface area contributed by atoms with Crippen LogP contribution in [-0.2, 0) is 0 Å². The van der Waals surface area contributed by atoms with Gasteiger partial charge in [0, 0.05) is 6.04 Å². The van der Waals surface area contributed by atoms with Crippen molar-refractivity contribution in [2.45, 2.75) is 51.5 Å². The summed E-state index contributed by atoms with van der Waals surface area (Å²) < 4.78 is 0. The van der Waals surface area contributed by atoms with Crippen LogP contribution in [0.2, 0.25) is 0 Å². The summed E-state index contributed by atoms with van der Waals surface area (Å²) in [4.78, 5) is 0. The molecule has 0 bridgehead atoms. The van der Waals surface area contributed by atoms with Gasteiger partial charge in [0.2, 0.25) is 0 Å². The standard InChI is InChI=1S/C13H26N2/c1-11-8-14-9-12(11)10-15-13-6-4-2-3-5-7-13/h11-15H,2-10H2,1H3. The van der Waals surface area contributed by atoms with Gasteiger partial charge in [-0.05, 0) is 44.3 Å². The van der Waals surface area contributed by atoms with Gasteiger partial charge in [-0.1, -0.05) is 32.6 Å². The fraction of sp³-hybridized carbons (Fsp3) is 1.00. The van der Waals surface area contributed by atoms with E-state index in [-0.39, 0.29) is 0 Å². The van der Waals surface area contributed by atoms with Crippen LogP contribution in [0.25, 0.3) is 0 Å². The Morgan fingerprint density at radius 3 is 2.40 bits per heavy atom. The molecule has 1 aliphatic carbocycles. The average molecular weight is 210 g/mol. The lowest BCUT2D eigenvalue weighted by Gasteiger charge is -2.21. The molecule has 15 heavy (non-hydrogen) atoms. The molecule has 1 saturated heterocycles. The highest BCUT2D eigenvalue weighted by molar-refractivity contribution is 4.81. The van der Waals surface area contributed by atoms with Crippen LogP contribution in [0.4, 0.5) is 0 Å². The minimum atomic E-state index is 0.820. The zero-order valence-corrected chi connectivity index (χ0v) is 10.1. The highest BCUT2D eigenvalue weighted by atomic mass is 15.0. The van der Waals surface area contributed by atoms with Crippen LogP contribution in [0.15, 0.2) is 0 Å². The predicted octanol–water partition coefficient (Wildman–Crippen LogP) is 2.15. The van der Waals surface area contributed by atoms with Crippen LogP contribution in [0.5, 0.6) is 0 Å². The maximum Gasteiger partial charge on any atom is 0.00671 e. The van der Waals surface area contributed by atoms with E-state index in [9.17, 15) is 0 Å². The van der Waals surface area contributed by atoms with Gasteiger partial charge in [-0.15, -0.1) is 0 Å². The molecule has 0 radical (unpaired) electrons. The number of nitrogens with one attached hydrogen (secondary N) is 2. The molecule has 1 saturated carbocycles. The quantitative estimate of drug-likeness (QED) is 0.698. The number of hydrogen-bond donors (Lipinski definition) is 2. The molecule has 0 aromatic heterocycles. The Morgan fingerprint density at radius 2 is 1.80 bits per heavy atom. The third kappa shape index (κ3) is 3.46. The molecule has 0 aromatic carbocycles. The summed E-state index contributed by atoms with van der Waals surface area (Å²) in [6.45, 7) is 6.05. The van der Waals surface area contributed by atoms with E-state index in [2.05, 4.69) is 17.6 Å². The number of hydrogen-bond acceptors (Lipinski definition) is 2. The van der Waals surface area contributed by atoms with E-state index in [1.807, 2.05) is 0 Å². The van der Waals surface area contributed by atoms with Crippen molar-refractivity contribution >= 4 is 0 Å². The highest BCUT2D eigenvalue weighted by Crippen LogP contribution is 2.19. The van der Waals surface area contributed by atoms with Gasteiger partial charge in [-0.3, -0.25) is 0 Å². The molecule has 88 valence electrons. The smallest absolute Gasteiger partial charge is 0.00671 e. The van der Waals surface area contributed by atoms with Crippen LogP contribution in [-0.4, -0.2) is 25.7 Å². The van der Waals surface area contributed by atoms with Gasteiger partial charge in [-0.2, -0.15) is 0 Å². The van der Waals surface area contributed by atoms with Crippen molar-refractivity contribution in [3.05, 3.63) is 0 Å². The van der Waals surface area contributed by atoms with Crippen molar-refractivity contribution in [3.8, 4) is 0 Å². The predicted molar refractivity (Wildman–Crippen MR) is 65.0 cm³/mol.